The van der Waals surface area contributed by atoms with Gasteiger partial charge in [0.05, 0.1) is 6.10 Å². The topological polar surface area (TPSA) is 44.7 Å². The normalized spacial score (nSPS) is 25.6. The van der Waals surface area contributed by atoms with Crippen molar-refractivity contribution in [1.82, 2.24) is 10.2 Å². The molecule has 0 atom stereocenters. The van der Waals surface area contributed by atoms with Crippen molar-refractivity contribution >= 4 is 0 Å². The van der Waals surface area contributed by atoms with E-state index >= 15 is 0 Å². The van der Waals surface area contributed by atoms with Gasteiger partial charge in [-0.25, -0.2) is 0 Å². The molecule has 0 aromatic carbocycles. The van der Waals surface area contributed by atoms with Gasteiger partial charge < -0.3 is 20.1 Å². The molecule has 112 valence electrons. The molecule has 4 nitrogen and oxygen atoms in total. The molecule has 2 fully saturated rings. The van der Waals surface area contributed by atoms with Gasteiger partial charge >= 0.3 is 0 Å². The number of hydrogen-bond donors (Lipinski definition) is 2. The maximum Gasteiger partial charge on any atom is 0.0564 e. The lowest BCUT2D eigenvalue weighted by Crippen LogP contribution is -2.49. The molecule has 0 aromatic heterocycles. The molecule has 0 aromatic rings. The first-order chi connectivity index (χ1) is 9.24. The second-order valence-electron chi connectivity index (χ2n) is 6.30. The third-order valence-electron chi connectivity index (χ3n) is 4.60. The van der Waals surface area contributed by atoms with Gasteiger partial charge in [-0.2, -0.15) is 0 Å². The molecule has 0 radical (unpaired) electrons. The van der Waals surface area contributed by atoms with Crippen molar-refractivity contribution in [1.29, 1.82) is 0 Å². The van der Waals surface area contributed by atoms with Gasteiger partial charge in [-0.15, -0.1) is 0 Å². The highest BCUT2D eigenvalue weighted by Gasteiger charge is 2.34. The average Bonchev–Trinajstić information content (AvgIpc) is 2.43. The molecule has 0 aliphatic carbocycles. The van der Waals surface area contributed by atoms with Crippen molar-refractivity contribution in [3.63, 3.8) is 0 Å². The minimum Gasteiger partial charge on any atom is -0.393 e. The van der Waals surface area contributed by atoms with Crippen LogP contribution in [0.25, 0.3) is 0 Å². The first-order valence-electron chi connectivity index (χ1n) is 7.93. The van der Waals surface area contributed by atoms with Crippen LogP contribution in [0.5, 0.6) is 0 Å². The zero-order valence-electron chi connectivity index (χ0n) is 12.4. The van der Waals surface area contributed by atoms with Crippen molar-refractivity contribution < 1.29 is 9.84 Å². The fourth-order valence-electron chi connectivity index (χ4n) is 3.28. The minimum absolute atomic E-state index is 0.0693. The van der Waals surface area contributed by atoms with Crippen LogP contribution in [0.15, 0.2) is 0 Å². The van der Waals surface area contributed by atoms with Crippen LogP contribution in [-0.2, 0) is 4.74 Å². The monoisotopic (exact) mass is 270 g/mol. The molecule has 0 saturated carbocycles. The Hall–Kier alpha value is -0.160. The van der Waals surface area contributed by atoms with Crippen LogP contribution >= 0.6 is 0 Å². The highest BCUT2D eigenvalue weighted by molar-refractivity contribution is 4.88. The zero-order valence-corrected chi connectivity index (χ0v) is 12.4. The molecular weight excluding hydrogens is 240 g/mol. The molecule has 19 heavy (non-hydrogen) atoms. The molecule has 2 heterocycles. The molecule has 4 heteroatoms. The average molecular weight is 270 g/mol. The van der Waals surface area contributed by atoms with E-state index in [0.29, 0.717) is 5.41 Å². The smallest absolute Gasteiger partial charge is 0.0564 e. The Morgan fingerprint density at radius 1 is 1.26 bits per heavy atom. The van der Waals surface area contributed by atoms with Crippen LogP contribution < -0.4 is 5.32 Å². The van der Waals surface area contributed by atoms with Gasteiger partial charge in [-0.3, -0.25) is 0 Å². The van der Waals surface area contributed by atoms with Crippen LogP contribution in [0.3, 0.4) is 0 Å². The van der Waals surface area contributed by atoms with E-state index in [0.717, 1.165) is 52.2 Å². The van der Waals surface area contributed by atoms with E-state index in [4.69, 9.17) is 4.74 Å². The Kier molecular flexibility index (Phi) is 6.07. The van der Waals surface area contributed by atoms with Gasteiger partial charge in [-0.1, -0.05) is 6.92 Å². The van der Waals surface area contributed by atoms with E-state index in [1.807, 2.05) is 0 Å². The Morgan fingerprint density at radius 3 is 2.58 bits per heavy atom. The maximum absolute atomic E-state index is 9.61. The molecule has 2 aliphatic heterocycles. The van der Waals surface area contributed by atoms with Crippen molar-refractivity contribution in [2.45, 2.75) is 45.1 Å². The summed E-state index contributed by atoms with van der Waals surface area (Å²) in [5.74, 6) is 0. The lowest BCUT2D eigenvalue weighted by Gasteiger charge is -2.43. The number of hydrogen-bond acceptors (Lipinski definition) is 4. The second-order valence-corrected chi connectivity index (χ2v) is 6.30. The highest BCUT2D eigenvalue weighted by atomic mass is 16.5. The third kappa shape index (κ3) is 4.71. The molecule has 2 N–H and O–H groups in total. The molecule has 0 amide bonds. The fraction of sp³-hybridized carbons (Fsp3) is 1.00. The number of nitrogens with one attached hydrogen (secondary N) is 1. The van der Waals surface area contributed by atoms with Crippen molar-refractivity contribution in [2.75, 3.05) is 45.9 Å². The summed E-state index contributed by atoms with van der Waals surface area (Å²) in [5.41, 5.74) is 0.385. The predicted molar refractivity (Wildman–Crippen MR) is 77.3 cm³/mol. The summed E-state index contributed by atoms with van der Waals surface area (Å²) in [6.45, 7) is 9.53. The molecule has 2 rings (SSSR count). The van der Waals surface area contributed by atoms with Crippen molar-refractivity contribution in [2.24, 2.45) is 5.41 Å². The largest absolute Gasteiger partial charge is 0.393 e. The van der Waals surface area contributed by atoms with Gasteiger partial charge in [0, 0.05) is 39.4 Å². The summed E-state index contributed by atoms with van der Waals surface area (Å²) in [5, 5.41) is 13.2. The van der Waals surface area contributed by atoms with Crippen LogP contribution in [0.1, 0.15) is 39.0 Å². The van der Waals surface area contributed by atoms with Crippen LogP contribution in [0, 0.1) is 5.41 Å². The van der Waals surface area contributed by atoms with Gasteiger partial charge in [0.1, 0.15) is 0 Å². The lowest BCUT2D eigenvalue weighted by molar-refractivity contribution is -0.0155. The van der Waals surface area contributed by atoms with E-state index in [9.17, 15) is 5.11 Å². The third-order valence-corrected chi connectivity index (χ3v) is 4.60. The van der Waals surface area contributed by atoms with Crippen LogP contribution in [-0.4, -0.2) is 62.0 Å². The number of nitrogens with zero attached hydrogens (tertiary/aromatic N) is 1. The van der Waals surface area contributed by atoms with E-state index in [2.05, 4.69) is 17.1 Å². The van der Waals surface area contributed by atoms with Gasteiger partial charge in [0.25, 0.3) is 0 Å². The Bertz CT molecular complexity index is 247. The molecule has 2 aliphatic rings. The first kappa shape index (κ1) is 15.2. The maximum atomic E-state index is 9.61. The number of likely N-dealkylation sites (tertiary alicyclic amines) is 1. The van der Waals surface area contributed by atoms with Gasteiger partial charge in [-0.05, 0) is 44.1 Å². The molecule has 0 bridgehead atoms. The first-order valence-corrected chi connectivity index (χ1v) is 7.93. The Labute approximate surface area is 117 Å². The summed E-state index contributed by atoms with van der Waals surface area (Å²) in [4.78, 5) is 2.55. The van der Waals surface area contributed by atoms with Crippen molar-refractivity contribution in [3.05, 3.63) is 0 Å². The van der Waals surface area contributed by atoms with Crippen molar-refractivity contribution in [3.8, 4) is 0 Å². The Balaban J connectivity index is 1.85. The standard InChI is InChI=1S/C15H30N2O2/c1-2-7-16-12-15(5-10-19-11-6-15)13-17-8-3-14(18)4-9-17/h14,16,18H,2-13H2,1H3. The number of piperidine rings is 1. The summed E-state index contributed by atoms with van der Waals surface area (Å²) in [6, 6.07) is 0. The molecule has 2 saturated heterocycles. The van der Waals surface area contributed by atoms with Crippen LogP contribution in [0.2, 0.25) is 0 Å². The Morgan fingerprint density at radius 2 is 1.95 bits per heavy atom. The number of rotatable bonds is 6. The zero-order chi connectivity index (χ0) is 13.6. The summed E-state index contributed by atoms with van der Waals surface area (Å²) in [7, 11) is 0. The summed E-state index contributed by atoms with van der Waals surface area (Å²) in [6.07, 6.45) is 5.35. The second kappa shape index (κ2) is 7.58. The molecular formula is C15H30N2O2. The van der Waals surface area contributed by atoms with Gasteiger partial charge in [0.15, 0.2) is 0 Å². The molecule has 0 unspecified atom stereocenters. The number of aliphatic hydroxyl groups is 1. The number of aliphatic hydroxyl groups excluding tert-OH is 1. The van der Waals surface area contributed by atoms with E-state index in [1.165, 1.54) is 25.8 Å². The van der Waals surface area contributed by atoms with Gasteiger partial charge in [0.2, 0.25) is 0 Å². The van der Waals surface area contributed by atoms with E-state index < -0.39 is 0 Å². The highest BCUT2D eigenvalue weighted by Crippen LogP contribution is 2.31. The quantitative estimate of drug-likeness (QED) is 0.713. The summed E-state index contributed by atoms with van der Waals surface area (Å²) >= 11 is 0. The van der Waals surface area contributed by atoms with E-state index in [1.54, 1.807) is 0 Å². The fourth-order valence-corrected chi connectivity index (χ4v) is 3.28. The molecule has 0 spiro atoms. The SMILES string of the molecule is CCCNCC1(CN2CCC(O)CC2)CCOCC1. The number of ether oxygens (including phenoxy) is 1. The van der Waals surface area contributed by atoms with Crippen LogP contribution in [0.4, 0.5) is 0 Å². The lowest BCUT2D eigenvalue weighted by atomic mass is 9.79. The minimum atomic E-state index is -0.0693. The summed E-state index contributed by atoms with van der Waals surface area (Å²) < 4.78 is 5.55. The van der Waals surface area contributed by atoms with E-state index in [-0.39, 0.29) is 6.10 Å². The predicted octanol–water partition coefficient (Wildman–Crippen LogP) is 1.24.